The molecule has 0 saturated carbocycles. The Bertz CT molecular complexity index is 605. The minimum absolute atomic E-state index is 0.0805. The third kappa shape index (κ3) is 5.44. The van der Waals surface area contributed by atoms with Crippen molar-refractivity contribution in [3.8, 4) is 11.8 Å². The second kappa shape index (κ2) is 8.74. The molecular weight excluding hydrogens is 292 g/mol. The molecule has 0 aliphatic rings. The summed E-state index contributed by atoms with van der Waals surface area (Å²) in [5.41, 5.74) is 0.443. The summed E-state index contributed by atoms with van der Waals surface area (Å²) >= 11 is 0. The highest BCUT2D eigenvalue weighted by atomic mass is 32.2. The smallest absolute Gasteiger partial charge is 0.244 e. The SMILES string of the molecule is CN(CCCCCO)S(=O)(=O)c1cncc(C#CCO)c1. The van der Waals surface area contributed by atoms with Gasteiger partial charge in [-0.25, -0.2) is 12.7 Å². The van der Waals surface area contributed by atoms with Crippen molar-refractivity contribution in [1.29, 1.82) is 0 Å². The van der Waals surface area contributed by atoms with E-state index in [4.69, 9.17) is 10.2 Å². The average Bonchev–Trinajstić information content (AvgIpc) is 2.49. The fourth-order valence-corrected chi connectivity index (χ4v) is 2.89. The van der Waals surface area contributed by atoms with Crippen LogP contribution in [0.2, 0.25) is 0 Å². The highest BCUT2D eigenvalue weighted by Gasteiger charge is 2.20. The lowest BCUT2D eigenvalue weighted by atomic mass is 10.2. The summed E-state index contributed by atoms with van der Waals surface area (Å²) in [4.78, 5) is 3.95. The summed E-state index contributed by atoms with van der Waals surface area (Å²) in [6, 6.07) is 1.44. The molecule has 0 saturated heterocycles. The van der Waals surface area contributed by atoms with Crippen molar-refractivity contribution in [1.82, 2.24) is 9.29 Å². The third-order valence-corrected chi connectivity index (χ3v) is 4.69. The number of sulfonamides is 1. The third-order valence-electron chi connectivity index (χ3n) is 2.86. The maximum absolute atomic E-state index is 12.4. The van der Waals surface area contributed by atoms with E-state index in [0.29, 0.717) is 24.9 Å². The number of aliphatic hydroxyl groups excluding tert-OH is 2. The van der Waals surface area contributed by atoms with Gasteiger partial charge in [0.1, 0.15) is 11.5 Å². The van der Waals surface area contributed by atoms with Crippen LogP contribution >= 0.6 is 0 Å². The Labute approximate surface area is 125 Å². The van der Waals surface area contributed by atoms with E-state index in [1.54, 1.807) is 0 Å². The lowest BCUT2D eigenvalue weighted by molar-refractivity contribution is 0.281. The van der Waals surface area contributed by atoms with Crippen molar-refractivity contribution in [2.75, 3.05) is 26.8 Å². The Kier molecular flexibility index (Phi) is 7.32. The zero-order valence-electron chi connectivity index (χ0n) is 12.0. The van der Waals surface area contributed by atoms with Crippen LogP contribution in [-0.2, 0) is 10.0 Å². The van der Waals surface area contributed by atoms with Crippen LogP contribution in [0, 0.1) is 11.8 Å². The summed E-state index contributed by atoms with van der Waals surface area (Å²) < 4.78 is 26.0. The van der Waals surface area contributed by atoms with Crippen LogP contribution in [0.25, 0.3) is 0 Å². The lowest BCUT2D eigenvalue weighted by Crippen LogP contribution is -2.28. The van der Waals surface area contributed by atoms with Gasteiger partial charge in [0.25, 0.3) is 0 Å². The Morgan fingerprint density at radius 3 is 2.67 bits per heavy atom. The molecule has 6 nitrogen and oxygen atoms in total. The van der Waals surface area contributed by atoms with E-state index >= 15 is 0 Å². The molecule has 116 valence electrons. The van der Waals surface area contributed by atoms with Crippen LogP contribution in [0.5, 0.6) is 0 Å². The summed E-state index contributed by atoms with van der Waals surface area (Å²) in [7, 11) is -2.08. The molecule has 0 aliphatic carbocycles. The highest BCUT2D eigenvalue weighted by Crippen LogP contribution is 2.15. The van der Waals surface area contributed by atoms with Gasteiger partial charge >= 0.3 is 0 Å². The molecule has 1 rings (SSSR count). The molecule has 0 amide bonds. The molecule has 2 N–H and O–H groups in total. The Morgan fingerprint density at radius 2 is 2.00 bits per heavy atom. The van der Waals surface area contributed by atoms with Crippen LogP contribution in [0.1, 0.15) is 24.8 Å². The zero-order chi connectivity index (χ0) is 15.7. The highest BCUT2D eigenvalue weighted by molar-refractivity contribution is 7.89. The van der Waals surface area contributed by atoms with Gasteiger partial charge in [0.15, 0.2) is 0 Å². The van der Waals surface area contributed by atoms with Crippen LogP contribution in [0.3, 0.4) is 0 Å². The van der Waals surface area contributed by atoms with Gasteiger partial charge in [0, 0.05) is 38.2 Å². The molecular formula is C14H20N2O4S. The van der Waals surface area contributed by atoms with Gasteiger partial charge in [-0.2, -0.15) is 0 Å². The first kappa shape index (κ1) is 17.6. The number of aromatic nitrogens is 1. The monoisotopic (exact) mass is 312 g/mol. The van der Waals surface area contributed by atoms with Gasteiger partial charge in [-0.3, -0.25) is 4.98 Å². The first-order chi connectivity index (χ1) is 10.0. The maximum Gasteiger partial charge on any atom is 0.244 e. The standard InChI is InChI=1S/C14H20N2O4S/c1-16(7-3-2-4-8-17)21(19,20)14-10-13(6-5-9-18)11-15-12-14/h10-12,17-18H,2-4,7-9H2,1H3. The van der Waals surface area contributed by atoms with E-state index in [1.165, 1.54) is 29.8 Å². The van der Waals surface area contributed by atoms with Gasteiger partial charge in [0.2, 0.25) is 10.0 Å². The molecule has 0 aromatic carbocycles. The minimum atomic E-state index is -3.60. The van der Waals surface area contributed by atoms with Crippen LogP contribution in [-0.4, -0.2) is 54.7 Å². The van der Waals surface area contributed by atoms with Crippen molar-refractivity contribution in [3.05, 3.63) is 24.0 Å². The van der Waals surface area contributed by atoms with Gasteiger partial charge in [-0.15, -0.1) is 0 Å². The quantitative estimate of drug-likeness (QED) is 0.555. The molecule has 0 bridgehead atoms. The largest absolute Gasteiger partial charge is 0.396 e. The van der Waals surface area contributed by atoms with Gasteiger partial charge in [-0.05, 0) is 25.3 Å². The predicted molar refractivity (Wildman–Crippen MR) is 79.0 cm³/mol. The van der Waals surface area contributed by atoms with Gasteiger partial charge < -0.3 is 10.2 Å². The molecule has 21 heavy (non-hydrogen) atoms. The number of hydrogen-bond acceptors (Lipinski definition) is 5. The first-order valence-corrected chi connectivity index (χ1v) is 8.08. The minimum Gasteiger partial charge on any atom is -0.396 e. The van der Waals surface area contributed by atoms with E-state index < -0.39 is 10.0 Å². The van der Waals surface area contributed by atoms with E-state index in [-0.39, 0.29) is 18.1 Å². The summed E-state index contributed by atoms with van der Waals surface area (Å²) in [6.07, 6.45) is 4.86. The van der Waals surface area contributed by atoms with Crippen molar-refractivity contribution < 1.29 is 18.6 Å². The normalized spacial score (nSPS) is 11.2. The molecule has 1 aromatic heterocycles. The summed E-state index contributed by atoms with van der Waals surface area (Å²) in [5.74, 6) is 5.09. The van der Waals surface area contributed by atoms with E-state index in [2.05, 4.69) is 16.8 Å². The number of rotatable bonds is 7. The molecule has 0 aliphatic heterocycles. The lowest BCUT2D eigenvalue weighted by Gasteiger charge is -2.16. The maximum atomic E-state index is 12.4. The van der Waals surface area contributed by atoms with Crippen LogP contribution in [0.4, 0.5) is 0 Å². The molecule has 0 fully saturated rings. The van der Waals surface area contributed by atoms with Crippen LogP contribution < -0.4 is 0 Å². The molecule has 0 atom stereocenters. The summed E-state index contributed by atoms with van der Waals surface area (Å²) in [6.45, 7) is 0.211. The Morgan fingerprint density at radius 1 is 1.24 bits per heavy atom. The average molecular weight is 312 g/mol. The van der Waals surface area contributed by atoms with Gasteiger partial charge in [0.05, 0.1) is 0 Å². The number of aliphatic hydroxyl groups is 2. The van der Waals surface area contributed by atoms with E-state index in [9.17, 15) is 8.42 Å². The number of nitrogens with zero attached hydrogens (tertiary/aromatic N) is 2. The fraction of sp³-hybridized carbons (Fsp3) is 0.500. The van der Waals surface area contributed by atoms with E-state index in [0.717, 1.165) is 6.42 Å². The molecule has 1 heterocycles. The van der Waals surface area contributed by atoms with Crippen molar-refractivity contribution in [2.45, 2.75) is 24.2 Å². The molecule has 7 heteroatoms. The molecule has 0 spiro atoms. The summed E-state index contributed by atoms with van der Waals surface area (Å²) in [5, 5.41) is 17.3. The predicted octanol–water partition coefficient (Wildman–Crippen LogP) is 0.208. The van der Waals surface area contributed by atoms with Gasteiger partial charge in [-0.1, -0.05) is 11.8 Å². The van der Waals surface area contributed by atoms with Crippen molar-refractivity contribution in [3.63, 3.8) is 0 Å². The van der Waals surface area contributed by atoms with Crippen molar-refractivity contribution in [2.24, 2.45) is 0 Å². The number of hydrogen-bond donors (Lipinski definition) is 2. The first-order valence-electron chi connectivity index (χ1n) is 6.64. The Hall–Kier alpha value is -1.46. The Balaban J connectivity index is 2.81. The second-order valence-electron chi connectivity index (χ2n) is 4.48. The van der Waals surface area contributed by atoms with Crippen molar-refractivity contribution >= 4 is 10.0 Å². The topological polar surface area (TPSA) is 90.7 Å². The number of pyridine rings is 1. The molecule has 1 aromatic rings. The molecule has 0 radical (unpaired) electrons. The van der Waals surface area contributed by atoms with Crippen LogP contribution in [0.15, 0.2) is 23.4 Å². The fourth-order valence-electron chi connectivity index (χ4n) is 1.69. The molecule has 0 unspecified atom stereocenters. The second-order valence-corrected chi connectivity index (χ2v) is 6.52. The number of unbranched alkanes of at least 4 members (excludes halogenated alkanes) is 2. The zero-order valence-corrected chi connectivity index (χ0v) is 12.8. The van der Waals surface area contributed by atoms with E-state index in [1.807, 2.05) is 0 Å².